The van der Waals surface area contributed by atoms with Crippen LogP contribution in [0.25, 0.3) is 0 Å². The van der Waals surface area contributed by atoms with Gasteiger partial charge in [-0.3, -0.25) is 9.59 Å². The van der Waals surface area contributed by atoms with E-state index < -0.39 is 22.7 Å². The minimum atomic E-state index is -1.81. The number of nitrogens with two attached hydrogens (primary N) is 1. The molecule has 0 radical (unpaired) electrons. The number of aromatic amines is 1. The van der Waals surface area contributed by atoms with Crippen molar-refractivity contribution in [3.8, 4) is 6.07 Å². The van der Waals surface area contributed by atoms with Crippen LogP contribution in [0.2, 0.25) is 0 Å². The molecular formula is C23H17FN6O2S. The van der Waals surface area contributed by atoms with Gasteiger partial charge in [0.1, 0.15) is 28.9 Å². The summed E-state index contributed by atoms with van der Waals surface area (Å²) >= 11 is 1.22. The Hall–Kier alpha value is -4.10. The van der Waals surface area contributed by atoms with Crippen LogP contribution >= 0.6 is 11.8 Å². The normalized spacial score (nSPS) is 18.7. The maximum Gasteiger partial charge on any atom is 0.258 e. The summed E-state index contributed by atoms with van der Waals surface area (Å²) in [5.41, 5.74) is 4.89. The second-order valence-corrected chi connectivity index (χ2v) is 8.37. The molecule has 0 saturated carbocycles. The van der Waals surface area contributed by atoms with Gasteiger partial charge in [0.05, 0.1) is 17.7 Å². The second-order valence-electron chi connectivity index (χ2n) is 7.57. The molecule has 1 amide bonds. The van der Waals surface area contributed by atoms with Gasteiger partial charge in [-0.15, -0.1) is 0 Å². The Bertz CT molecular complexity index is 1460. The van der Waals surface area contributed by atoms with Crippen LogP contribution in [-0.2, 0) is 16.8 Å². The summed E-state index contributed by atoms with van der Waals surface area (Å²) in [5, 5.41) is 13.2. The first-order chi connectivity index (χ1) is 15.9. The zero-order valence-electron chi connectivity index (χ0n) is 17.3. The minimum absolute atomic E-state index is 0.0143. The fourth-order valence-electron chi connectivity index (χ4n) is 4.54. The van der Waals surface area contributed by atoms with E-state index in [2.05, 4.69) is 15.3 Å². The SMILES string of the molecule is CSc1nc2c(c(=O)[nH]1)C1(C(=O)N(Cc3ccccc3F)c3ccccc31)C(C#N)=C(N)N2. The van der Waals surface area contributed by atoms with E-state index in [-0.39, 0.29) is 29.3 Å². The second kappa shape index (κ2) is 7.50. The van der Waals surface area contributed by atoms with Crippen molar-refractivity contribution in [1.82, 2.24) is 9.97 Å². The predicted octanol–water partition coefficient (Wildman–Crippen LogP) is 2.58. The lowest BCUT2D eigenvalue weighted by Crippen LogP contribution is -2.49. The van der Waals surface area contributed by atoms with Crippen molar-refractivity contribution in [3.63, 3.8) is 0 Å². The number of rotatable bonds is 3. The molecule has 1 spiro atoms. The van der Waals surface area contributed by atoms with E-state index in [1.807, 2.05) is 6.07 Å². The van der Waals surface area contributed by atoms with Crippen molar-refractivity contribution >= 4 is 29.2 Å². The largest absolute Gasteiger partial charge is 0.384 e. The van der Waals surface area contributed by atoms with Gasteiger partial charge < -0.3 is 20.9 Å². The third kappa shape index (κ3) is 2.79. The topological polar surface area (TPSA) is 128 Å². The number of carbonyl (C=O) groups excluding carboxylic acids is 1. The van der Waals surface area contributed by atoms with E-state index in [0.29, 0.717) is 22.0 Å². The maximum absolute atomic E-state index is 14.5. The molecule has 2 aliphatic heterocycles. The Labute approximate surface area is 191 Å². The highest BCUT2D eigenvalue weighted by Crippen LogP contribution is 2.53. The molecule has 4 N–H and O–H groups in total. The van der Waals surface area contributed by atoms with E-state index in [1.54, 1.807) is 48.7 Å². The Kier molecular flexibility index (Phi) is 4.72. The van der Waals surface area contributed by atoms with Crippen LogP contribution in [0.4, 0.5) is 15.9 Å². The highest BCUT2D eigenvalue weighted by atomic mass is 32.2. The van der Waals surface area contributed by atoms with Gasteiger partial charge in [-0.05, 0) is 18.4 Å². The first kappa shape index (κ1) is 20.8. The third-order valence-corrected chi connectivity index (χ3v) is 6.51. The number of H-pyrrole nitrogens is 1. The summed E-state index contributed by atoms with van der Waals surface area (Å²) in [5.74, 6) is -0.992. The van der Waals surface area contributed by atoms with Crippen molar-refractivity contribution in [3.05, 3.63) is 92.8 Å². The van der Waals surface area contributed by atoms with Crippen LogP contribution in [-0.4, -0.2) is 22.1 Å². The molecule has 1 unspecified atom stereocenters. The Morgan fingerprint density at radius 2 is 1.94 bits per heavy atom. The monoisotopic (exact) mass is 460 g/mol. The predicted molar refractivity (Wildman–Crippen MR) is 122 cm³/mol. The van der Waals surface area contributed by atoms with E-state index in [9.17, 15) is 19.2 Å². The van der Waals surface area contributed by atoms with Crippen molar-refractivity contribution < 1.29 is 9.18 Å². The highest BCUT2D eigenvalue weighted by molar-refractivity contribution is 7.98. The molecule has 0 bridgehead atoms. The zero-order valence-corrected chi connectivity index (χ0v) is 18.2. The first-order valence-corrected chi connectivity index (χ1v) is 11.2. The summed E-state index contributed by atoms with van der Waals surface area (Å²) < 4.78 is 14.5. The fourth-order valence-corrected chi connectivity index (χ4v) is 4.92. The van der Waals surface area contributed by atoms with Crippen molar-refractivity contribution in [2.24, 2.45) is 5.73 Å². The smallest absolute Gasteiger partial charge is 0.258 e. The number of fused-ring (bicyclic) bond motifs is 4. The van der Waals surface area contributed by atoms with Gasteiger partial charge in [-0.25, -0.2) is 9.37 Å². The number of para-hydroxylation sites is 1. The maximum atomic E-state index is 14.5. The van der Waals surface area contributed by atoms with Crippen LogP contribution in [0.1, 0.15) is 16.7 Å². The zero-order chi connectivity index (χ0) is 23.3. The number of aromatic nitrogens is 2. The summed E-state index contributed by atoms with van der Waals surface area (Å²) in [6.07, 6.45) is 1.75. The molecule has 2 aliphatic rings. The van der Waals surface area contributed by atoms with Gasteiger partial charge >= 0.3 is 0 Å². The van der Waals surface area contributed by atoms with Gasteiger partial charge in [0.2, 0.25) is 5.91 Å². The van der Waals surface area contributed by atoms with Crippen LogP contribution in [0.5, 0.6) is 0 Å². The molecule has 164 valence electrons. The third-order valence-electron chi connectivity index (χ3n) is 5.93. The van der Waals surface area contributed by atoms with Gasteiger partial charge in [0.15, 0.2) is 5.16 Å². The lowest BCUT2D eigenvalue weighted by atomic mass is 9.69. The number of hydrogen-bond acceptors (Lipinski definition) is 7. The van der Waals surface area contributed by atoms with Gasteiger partial charge in [0, 0.05) is 16.8 Å². The lowest BCUT2D eigenvalue weighted by molar-refractivity contribution is -0.120. The molecule has 0 saturated heterocycles. The number of nitrogens with one attached hydrogen (secondary N) is 2. The lowest BCUT2D eigenvalue weighted by Gasteiger charge is -2.34. The van der Waals surface area contributed by atoms with E-state index in [0.717, 1.165) is 0 Å². The average Bonchev–Trinajstić information content (AvgIpc) is 3.04. The molecular weight excluding hydrogens is 443 g/mol. The Morgan fingerprint density at radius 3 is 2.67 bits per heavy atom. The van der Waals surface area contributed by atoms with Crippen molar-refractivity contribution in [2.75, 3.05) is 16.5 Å². The van der Waals surface area contributed by atoms with Gasteiger partial charge in [-0.1, -0.05) is 48.2 Å². The summed E-state index contributed by atoms with van der Waals surface area (Å²) in [7, 11) is 0. The number of benzene rings is 2. The fraction of sp³-hybridized carbons (Fsp3) is 0.130. The van der Waals surface area contributed by atoms with Gasteiger partial charge in [0.25, 0.3) is 5.56 Å². The van der Waals surface area contributed by atoms with E-state index in [1.165, 1.54) is 22.7 Å². The highest BCUT2D eigenvalue weighted by Gasteiger charge is 2.60. The molecule has 33 heavy (non-hydrogen) atoms. The summed E-state index contributed by atoms with van der Waals surface area (Å²) in [6, 6.07) is 15.0. The number of halogens is 1. The van der Waals surface area contributed by atoms with Crippen LogP contribution in [0.3, 0.4) is 0 Å². The van der Waals surface area contributed by atoms with Crippen molar-refractivity contribution in [2.45, 2.75) is 17.1 Å². The molecule has 1 aromatic heterocycles. The average molecular weight is 460 g/mol. The number of amides is 1. The molecule has 3 heterocycles. The minimum Gasteiger partial charge on any atom is -0.384 e. The van der Waals surface area contributed by atoms with Crippen LogP contribution in [0, 0.1) is 17.1 Å². The van der Waals surface area contributed by atoms with Gasteiger partial charge in [-0.2, -0.15) is 5.26 Å². The molecule has 1 atom stereocenters. The molecule has 5 rings (SSSR count). The standard InChI is InChI=1S/C23H17FN6O2S/c1-33-22-28-19-17(20(31)29-22)23(14(10-25)18(26)27-19)13-7-3-5-9-16(13)30(21(23)32)11-12-6-2-4-8-15(12)24/h2-9H,11,26H2,1H3,(H2,27,28,29,31). The molecule has 2 aromatic carbocycles. The number of carbonyl (C=O) groups is 1. The Morgan fingerprint density at radius 1 is 1.21 bits per heavy atom. The molecule has 10 heteroatoms. The number of nitriles is 1. The summed E-state index contributed by atoms with van der Waals surface area (Å²) in [6.45, 7) is -0.0835. The number of anilines is 2. The molecule has 3 aromatic rings. The van der Waals surface area contributed by atoms with Crippen LogP contribution < -0.4 is 21.5 Å². The number of hydrogen-bond donors (Lipinski definition) is 3. The quantitative estimate of drug-likeness (QED) is 0.405. The Balaban J connectivity index is 1.83. The molecule has 0 aliphatic carbocycles. The number of nitrogens with zero attached hydrogens (tertiary/aromatic N) is 3. The molecule has 0 fully saturated rings. The van der Waals surface area contributed by atoms with E-state index >= 15 is 0 Å². The van der Waals surface area contributed by atoms with Crippen molar-refractivity contribution in [1.29, 1.82) is 5.26 Å². The number of thioether (sulfide) groups is 1. The summed E-state index contributed by atoms with van der Waals surface area (Å²) in [4.78, 5) is 35.9. The van der Waals surface area contributed by atoms with E-state index in [4.69, 9.17) is 5.73 Å². The first-order valence-electron chi connectivity index (χ1n) is 9.94. The van der Waals surface area contributed by atoms with Crippen LogP contribution in [0.15, 0.2) is 69.9 Å². The molecule has 8 nitrogen and oxygen atoms in total.